The first kappa shape index (κ1) is 16.6. The predicted octanol–water partition coefficient (Wildman–Crippen LogP) is 3.61. The third-order valence-electron chi connectivity index (χ3n) is 3.75. The van der Waals surface area contributed by atoms with Gasteiger partial charge in [-0.25, -0.2) is 10.4 Å². The zero-order chi connectivity index (χ0) is 17.6. The lowest BCUT2D eigenvalue weighted by molar-refractivity contribution is 0.415. The number of methoxy groups -OCH3 is 1. The summed E-state index contributed by atoms with van der Waals surface area (Å²) >= 11 is 0. The Kier molecular flexibility index (Phi) is 4.99. The highest BCUT2D eigenvalue weighted by Gasteiger charge is 2.03. The second kappa shape index (κ2) is 7.53. The summed E-state index contributed by atoms with van der Waals surface area (Å²) < 4.78 is 5.16. The number of rotatable bonds is 5. The quantitative estimate of drug-likeness (QED) is 0.570. The lowest BCUT2D eigenvalue weighted by atomic mass is 10.1. The van der Waals surface area contributed by atoms with Gasteiger partial charge in [0.1, 0.15) is 5.75 Å². The molecule has 1 heterocycles. The molecule has 0 saturated heterocycles. The Labute approximate surface area is 146 Å². The molecular weight excluding hydrogens is 314 g/mol. The molecule has 0 aliphatic rings. The van der Waals surface area contributed by atoms with E-state index >= 15 is 0 Å². The van der Waals surface area contributed by atoms with E-state index in [0.717, 1.165) is 22.4 Å². The van der Waals surface area contributed by atoms with Crippen molar-refractivity contribution in [2.24, 2.45) is 5.10 Å². The summed E-state index contributed by atoms with van der Waals surface area (Å²) in [4.78, 5) is 4.43. The first-order valence-corrected chi connectivity index (χ1v) is 7.86. The smallest absolute Gasteiger partial charge is 0.263 e. The molecule has 3 rings (SSSR count). The number of hydrazone groups is 1. The number of hydrogen-bond acceptors (Lipinski definition) is 6. The van der Waals surface area contributed by atoms with Crippen LogP contribution in [0.15, 0.2) is 53.8 Å². The number of aromatic nitrogens is 3. The van der Waals surface area contributed by atoms with Crippen LogP contribution in [0.3, 0.4) is 0 Å². The molecule has 0 amide bonds. The van der Waals surface area contributed by atoms with Crippen LogP contribution in [0.4, 0.5) is 5.95 Å². The van der Waals surface area contributed by atoms with Gasteiger partial charge >= 0.3 is 0 Å². The maximum absolute atomic E-state index is 5.16. The Hall–Kier alpha value is -3.28. The average Bonchev–Trinajstić information content (AvgIpc) is 2.65. The molecule has 0 aliphatic carbocycles. The highest BCUT2D eigenvalue weighted by Crippen LogP contribution is 2.20. The number of hydrogen-bond donors (Lipinski definition) is 1. The summed E-state index contributed by atoms with van der Waals surface area (Å²) in [7, 11) is 1.64. The zero-order valence-electron chi connectivity index (χ0n) is 14.4. The van der Waals surface area contributed by atoms with Crippen LogP contribution in [0.5, 0.6) is 5.75 Å². The van der Waals surface area contributed by atoms with Crippen molar-refractivity contribution >= 4 is 12.2 Å². The number of nitrogens with one attached hydrogen (secondary N) is 1. The molecule has 0 atom stereocenters. The van der Waals surface area contributed by atoms with E-state index in [1.54, 1.807) is 19.5 Å². The predicted molar refractivity (Wildman–Crippen MR) is 98.9 cm³/mol. The van der Waals surface area contributed by atoms with Gasteiger partial charge in [-0.05, 0) is 49.2 Å². The van der Waals surface area contributed by atoms with E-state index in [1.165, 1.54) is 5.56 Å². The van der Waals surface area contributed by atoms with Crippen molar-refractivity contribution < 1.29 is 4.74 Å². The molecule has 0 fully saturated rings. The molecule has 0 spiro atoms. The van der Waals surface area contributed by atoms with E-state index in [4.69, 9.17) is 4.74 Å². The minimum atomic E-state index is 0.342. The van der Waals surface area contributed by atoms with Crippen LogP contribution in [-0.2, 0) is 0 Å². The van der Waals surface area contributed by atoms with Crippen LogP contribution in [0.2, 0.25) is 0 Å². The van der Waals surface area contributed by atoms with Crippen LogP contribution >= 0.6 is 0 Å². The van der Waals surface area contributed by atoms with Crippen molar-refractivity contribution in [3.05, 3.63) is 65.4 Å². The molecule has 6 heteroatoms. The van der Waals surface area contributed by atoms with E-state index in [2.05, 4.69) is 50.8 Å². The van der Waals surface area contributed by atoms with Crippen molar-refractivity contribution in [1.29, 1.82) is 0 Å². The molecule has 0 aliphatic heterocycles. The van der Waals surface area contributed by atoms with Crippen molar-refractivity contribution in [3.8, 4) is 17.0 Å². The molecule has 0 saturated carbocycles. The molecule has 0 unspecified atom stereocenters. The highest BCUT2D eigenvalue weighted by atomic mass is 16.5. The molecule has 6 nitrogen and oxygen atoms in total. The molecule has 3 aromatic rings. The Morgan fingerprint density at radius 2 is 1.88 bits per heavy atom. The summed E-state index contributed by atoms with van der Waals surface area (Å²) in [6, 6.07) is 13.8. The Balaban J connectivity index is 1.75. The van der Waals surface area contributed by atoms with Crippen molar-refractivity contribution in [2.75, 3.05) is 12.5 Å². The van der Waals surface area contributed by atoms with Gasteiger partial charge in [0.25, 0.3) is 5.95 Å². The van der Waals surface area contributed by atoms with Crippen LogP contribution in [0.1, 0.15) is 16.7 Å². The van der Waals surface area contributed by atoms with Crippen LogP contribution < -0.4 is 10.2 Å². The van der Waals surface area contributed by atoms with Gasteiger partial charge in [-0.2, -0.15) is 10.2 Å². The van der Waals surface area contributed by atoms with E-state index < -0.39 is 0 Å². The SMILES string of the molecule is COc1ccc(-c2cnnc(N/N=C/c3cc(C)ccc3C)n2)cc1. The van der Waals surface area contributed by atoms with Gasteiger partial charge in [0.15, 0.2) is 0 Å². The largest absolute Gasteiger partial charge is 0.497 e. The third-order valence-corrected chi connectivity index (χ3v) is 3.75. The summed E-state index contributed by atoms with van der Waals surface area (Å²) in [5.41, 5.74) is 7.86. The molecule has 0 bridgehead atoms. The standard InChI is InChI=1S/C19H19N5O/c1-13-4-5-14(2)16(10-13)11-20-23-19-22-18(12-21-24-19)15-6-8-17(25-3)9-7-15/h4-12H,1-3H3,(H,22,23,24)/b20-11+. The summed E-state index contributed by atoms with van der Waals surface area (Å²) in [5.74, 6) is 1.14. The topological polar surface area (TPSA) is 72.3 Å². The number of benzene rings is 2. The summed E-state index contributed by atoms with van der Waals surface area (Å²) in [6.07, 6.45) is 3.37. The molecule has 25 heavy (non-hydrogen) atoms. The monoisotopic (exact) mass is 333 g/mol. The number of ether oxygens (including phenoxy) is 1. The van der Waals surface area contributed by atoms with Gasteiger partial charge in [-0.3, -0.25) is 0 Å². The lowest BCUT2D eigenvalue weighted by Crippen LogP contribution is -2.00. The van der Waals surface area contributed by atoms with Crippen LogP contribution in [0, 0.1) is 13.8 Å². The van der Waals surface area contributed by atoms with Crippen LogP contribution in [0.25, 0.3) is 11.3 Å². The third kappa shape index (κ3) is 4.17. The van der Waals surface area contributed by atoms with E-state index in [1.807, 2.05) is 31.2 Å². The van der Waals surface area contributed by atoms with Gasteiger partial charge in [0, 0.05) is 5.56 Å². The lowest BCUT2D eigenvalue weighted by Gasteiger charge is -2.04. The summed E-state index contributed by atoms with van der Waals surface area (Å²) in [5, 5.41) is 12.2. The normalized spacial score (nSPS) is 10.8. The molecule has 0 radical (unpaired) electrons. The van der Waals surface area contributed by atoms with Gasteiger partial charge in [-0.15, -0.1) is 5.10 Å². The zero-order valence-corrected chi connectivity index (χ0v) is 14.4. The first-order chi connectivity index (χ1) is 12.2. The molecule has 126 valence electrons. The van der Waals surface area contributed by atoms with Gasteiger partial charge in [0.2, 0.25) is 0 Å². The second-order valence-corrected chi connectivity index (χ2v) is 5.62. The molecule has 1 N–H and O–H groups in total. The van der Waals surface area contributed by atoms with Gasteiger partial charge < -0.3 is 4.74 Å². The maximum atomic E-state index is 5.16. The second-order valence-electron chi connectivity index (χ2n) is 5.62. The fourth-order valence-corrected chi connectivity index (χ4v) is 2.31. The average molecular weight is 333 g/mol. The highest BCUT2D eigenvalue weighted by molar-refractivity contribution is 5.82. The Morgan fingerprint density at radius 3 is 2.64 bits per heavy atom. The molecule has 1 aromatic heterocycles. The molecule has 2 aromatic carbocycles. The van der Waals surface area contributed by atoms with E-state index in [0.29, 0.717) is 11.6 Å². The van der Waals surface area contributed by atoms with Crippen molar-refractivity contribution in [3.63, 3.8) is 0 Å². The molecular formula is C19H19N5O. The number of nitrogens with zero attached hydrogens (tertiary/aromatic N) is 4. The summed E-state index contributed by atoms with van der Waals surface area (Å²) in [6.45, 7) is 4.10. The van der Waals surface area contributed by atoms with Crippen molar-refractivity contribution in [2.45, 2.75) is 13.8 Å². The first-order valence-electron chi connectivity index (χ1n) is 7.86. The fraction of sp³-hybridized carbons (Fsp3) is 0.158. The van der Waals surface area contributed by atoms with Crippen molar-refractivity contribution in [1.82, 2.24) is 15.2 Å². The van der Waals surface area contributed by atoms with E-state index in [-0.39, 0.29) is 0 Å². The van der Waals surface area contributed by atoms with Gasteiger partial charge in [0.05, 0.1) is 25.2 Å². The fourth-order valence-electron chi connectivity index (χ4n) is 2.31. The Bertz CT molecular complexity index is 891. The number of aryl methyl sites for hydroxylation is 2. The number of anilines is 1. The van der Waals surface area contributed by atoms with Gasteiger partial charge in [-0.1, -0.05) is 23.8 Å². The maximum Gasteiger partial charge on any atom is 0.263 e. The minimum Gasteiger partial charge on any atom is -0.497 e. The Morgan fingerprint density at radius 1 is 1.08 bits per heavy atom. The van der Waals surface area contributed by atoms with E-state index in [9.17, 15) is 0 Å². The minimum absolute atomic E-state index is 0.342. The van der Waals surface area contributed by atoms with Crippen LogP contribution in [-0.4, -0.2) is 28.5 Å².